The monoisotopic (exact) mass is 396 g/mol. The zero-order valence-electron chi connectivity index (χ0n) is 17.1. The van der Waals surface area contributed by atoms with Gasteiger partial charge in [-0.1, -0.05) is 28.2 Å². The average molecular weight is 396 g/mol. The van der Waals surface area contributed by atoms with Gasteiger partial charge in [0.05, 0.1) is 6.54 Å². The second kappa shape index (κ2) is 19.2. The SMILES string of the molecule is C.CCN1CCNCC1.[B]OC(=O)CC.[B]OC(=O)CN1CCN(CC)CC1. The van der Waals surface area contributed by atoms with Gasteiger partial charge in [0.2, 0.25) is 0 Å². The number of carbonyl (C=O) groups is 2. The summed E-state index contributed by atoms with van der Waals surface area (Å²) in [6, 6.07) is 0. The van der Waals surface area contributed by atoms with Crippen LogP contribution in [-0.4, -0.2) is 115 Å². The van der Waals surface area contributed by atoms with E-state index in [4.69, 9.17) is 8.05 Å². The number of hydrogen-bond acceptors (Lipinski definition) is 8. The lowest BCUT2D eigenvalue weighted by Gasteiger charge is -2.33. The molecule has 4 radical (unpaired) electrons. The van der Waals surface area contributed by atoms with E-state index in [0.29, 0.717) is 13.0 Å². The van der Waals surface area contributed by atoms with Crippen LogP contribution in [0.1, 0.15) is 34.6 Å². The zero-order valence-corrected chi connectivity index (χ0v) is 17.1. The number of piperazine rings is 2. The molecule has 1 N–H and O–H groups in total. The van der Waals surface area contributed by atoms with Crippen molar-refractivity contribution in [2.24, 2.45) is 0 Å². The third-order valence-corrected chi connectivity index (χ3v) is 4.47. The van der Waals surface area contributed by atoms with E-state index in [1.54, 1.807) is 6.92 Å². The van der Waals surface area contributed by atoms with Gasteiger partial charge in [-0.2, -0.15) is 0 Å². The molecule has 0 bridgehead atoms. The van der Waals surface area contributed by atoms with Crippen LogP contribution in [0.2, 0.25) is 0 Å². The first-order chi connectivity index (χ1) is 13.0. The van der Waals surface area contributed by atoms with Crippen molar-refractivity contribution in [1.29, 1.82) is 0 Å². The largest absolute Gasteiger partial charge is 0.543 e. The third kappa shape index (κ3) is 14.9. The molecule has 2 aliphatic heterocycles. The Morgan fingerprint density at radius 2 is 1.21 bits per heavy atom. The van der Waals surface area contributed by atoms with Crippen LogP contribution in [0, 0.1) is 0 Å². The summed E-state index contributed by atoms with van der Waals surface area (Å²) >= 11 is 0. The summed E-state index contributed by atoms with van der Waals surface area (Å²) < 4.78 is 7.87. The van der Waals surface area contributed by atoms with Crippen LogP contribution in [0.4, 0.5) is 0 Å². The predicted octanol–water partition coefficient (Wildman–Crippen LogP) is -0.179. The van der Waals surface area contributed by atoms with Crippen molar-refractivity contribution in [3.63, 3.8) is 0 Å². The first-order valence-electron chi connectivity index (χ1n) is 9.67. The molecule has 0 aliphatic carbocycles. The van der Waals surface area contributed by atoms with Crippen molar-refractivity contribution in [3.05, 3.63) is 0 Å². The van der Waals surface area contributed by atoms with Crippen molar-refractivity contribution < 1.29 is 18.9 Å². The minimum Gasteiger partial charge on any atom is -0.543 e. The second-order valence-electron chi connectivity index (χ2n) is 6.23. The summed E-state index contributed by atoms with van der Waals surface area (Å²) in [6.45, 7) is 17.3. The maximum absolute atomic E-state index is 10.8. The van der Waals surface area contributed by atoms with Gasteiger partial charge in [-0.15, -0.1) is 0 Å². The summed E-state index contributed by atoms with van der Waals surface area (Å²) in [5.74, 6) is -0.736. The van der Waals surface area contributed by atoms with Gasteiger partial charge in [0.25, 0.3) is 5.97 Å². The number of carbonyl (C=O) groups excluding carboxylic acids is 2. The minimum absolute atomic E-state index is 0. The fraction of sp³-hybridized carbons (Fsp3) is 0.889. The Balaban J connectivity index is 0. The molecule has 2 aliphatic rings. The first kappa shape index (κ1) is 29.1. The standard InChI is InChI=1S/C8H15BN2O2.C6H14N2.C3H5BO2.CH4/c1-2-10-3-5-11(6-4-10)7-8(12)13-9;1-2-8-5-3-7-4-6-8;1-2-3(5)6-4;/h2-7H2,1H3;7H,2-6H2,1H3;2H2,1H3;1H4. The van der Waals surface area contributed by atoms with Gasteiger partial charge < -0.3 is 24.4 Å². The van der Waals surface area contributed by atoms with Gasteiger partial charge in [-0.3, -0.25) is 14.5 Å². The van der Waals surface area contributed by atoms with Gasteiger partial charge in [-0.25, -0.2) is 0 Å². The molecule has 0 spiro atoms. The molecule has 0 saturated carbocycles. The molecule has 2 heterocycles. The molecule has 8 nitrogen and oxygen atoms in total. The number of hydrogen-bond donors (Lipinski definition) is 1. The third-order valence-electron chi connectivity index (χ3n) is 4.47. The molecule has 0 aromatic rings. The topological polar surface area (TPSA) is 74.3 Å². The lowest BCUT2D eigenvalue weighted by atomic mass is 10.3. The highest BCUT2D eigenvalue weighted by molar-refractivity contribution is 6.05. The Hall–Kier alpha value is -1.09. The average Bonchev–Trinajstić information content (AvgIpc) is 2.75. The van der Waals surface area contributed by atoms with Crippen LogP contribution >= 0.6 is 0 Å². The predicted molar refractivity (Wildman–Crippen MR) is 114 cm³/mol. The van der Waals surface area contributed by atoms with Crippen molar-refractivity contribution in [3.8, 4) is 0 Å². The Bertz CT molecular complexity index is 386. The molecular formula is C18H38B2N4O4. The zero-order chi connectivity index (χ0) is 20.5. The molecule has 2 saturated heterocycles. The van der Waals surface area contributed by atoms with Gasteiger partial charge in [0.1, 0.15) is 0 Å². The lowest BCUT2D eigenvalue weighted by molar-refractivity contribution is -0.136. The summed E-state index contributed by atoms with van der Waals surface area (Å²) in [5, 5.41) is 3.31. The lowest BCUT2D eigenvalue weighted by Crippen LogP contribution is -2.47. The van der Waals surface area contributed by atoms with Crippen molar-refractivity contribution in [2.45, 2.75) is 34.6 Å². The van der Waals surface area contributed by atoms with Crippen molar-refractivity contribution >= 4 is 28.0 Å². The minimum atomic E-state index is -0.380. The number of nitrogens with one attached hydrogen (secondary N) is 1. The van der Waals surface area contributed by atoms with E-state index >= 15 is 0 Å². The Morgan fingerprint density at radius 1 is 0.786 bits per heavy atom. The number of likely N-dealkylation sites (N-methyl/N-ethyl adjacent to an activating group) is 2. The molecule has 0 aromatic heterocycles. The van der Waals surface area contributed by atoms with Crippen LogP contribution in [0.15, 0.2) is 0 Å². The molecule has 10 heteroatoms. The van der Waals surface area contributed by atoms with E-state index in [0.717, 1.165) is 32.7 Å². The van der Waals surface area contributed by atoms with E-state index in [2.05, 4.69) is 51.2 Å². The molecule has 0 aromatic carbocycles. The smallest absolute Gasteiger partial charge is 0.378 e. The molecule has 0 unspecified atom stereocenters. The molecule has 0 atom stereocenters. The van der Waals surface area contributed by atoms with Crippen LogP contribution in [0.5, 0.6) is 0 Å². The maximum Gasteiger partial charge on any atom is 0.378 e. The molecular weight excluding hydrogens is 358 g/mol. The molecule has 28 heavy (non-hydrogen) atoms. The molecule has 2 rings (SSSR count). The molecule has 2 fully saturated rings. The number of rotatable bonds is 5. The van der Waals surface area contributed by atoms with E-state index in [1.807, 2.05) is 0 Å². The van der Waals surface area contributed by atoms with Crippen LogP contribution < -0.4 is 5.32 Å². The highest BCUT2D eigenvalue weighted by atomic mass is 16.5. The maximum atomic E-state index is 10.8. The quantitative estimate of drug-likeness (QED) is 0.642. The summed E-state index contributed by atoms with van der Waals surface area (Å²) in [6.07, 6.45) is 0.344. The fourth-order valence-corrected chi connectivity index (χ4v) is 2.59. The normalized spacial score (nSPS) is 17.7. The number of nitrogens with zero attached hydrogens (tertiary/aromatic N) is 3. The van der Waals surface area contributed by atoms with E-state index in [9.17, 15) is 9.59 Å². The van der Waals surface area contributed by atoms with Crippen molar-refractivity contribution in [2.75, 3.05) is 72.0 Å². The van der Waals surface area contributed by atoms with Gasteiger partial charge in [0.15, 0.2) is 0 Å². The van der Waals surface area contributed by atoms with Crippen LogP contribution in [-0.2, 0) is 18.9 Å². The molecule has 0 amide bonds. The Kier molecular flexibility index (Phi) is 20.0. The second-order valence-corrected chi connectivity index (χ2v) is 6.23. The summed E-state index contributed by atoms with van der Waals surface area (Å²) in [5.41, 5.74) is 0. The fourth-order valence-electron chi connectivity index (χ4n) is 2.59. The highest BCUT2D eigenvalue weighted by Crippen LogP contribution is 2.00. The Morgan fingerprint density at radius 3 is 1.54 bits per heavy atom. The Labute approximate surface area is 174 Å². The van der Waals surface area contributed by atoms with E-state index in [-0.39, 0.29) is 19.4 Å². The molecule has 160 valence electrons. The van der Waals surface area contributed by atoms with Gasteiger partial charge in [0, 0.05) is 58.8 Å². The van der Waals surface area contributed by atoms with E-state index in [1.165, 1.54) is 32.7 Å². The summed E-state index contributed by atoms with van der Waals surface area (Å²) in [7, 11) is 9.19. The van der Waals surface area contributed by atoms with E-state index < -0.39 is 0 Å². The van der Waals surface area contributed by atoms with Crippen LogP contribution in [0.3, 0.4) is 0 Å². The highest BCUT2D eigenvalue weighted by Gasteiger charge is 2.17. The van der Waals surface area contributed by atoms with Crippen molar-refractivity contribution in [1.82, 2.24) is 20.0 Å². The van der Waals surface area contributed by atoms with Crippen LogP contribution in [0.25, 0.3) is 0 Å². The van der Waals surface area contributed by atoms with Gasteiger partial charge >= 0.3 is 22.1 Å². The first-order valence-corrected chi connectivity index (χ1v) is 9.67. The summed E-state index contributed by atoms with van der Waals surface area (Å²) in [4.78, 5) is 27.5. The van der Waals surface area contributed by atoms with Gasteiger partial charge in [-0.05, 0) is 13.1 Å².